The number of carbonyl (C=O) groups is 1. The summed E-state index contributed by atoms with van der Waals surface area (Å²) in [6.45, 7) is 6.34. The Labute approximate surface area is 135 Å². The fourth-order valence-corrected chi connectivity index (χ4v) is 3.21. The van der Waals surface area contributed by atoms with E-state index in [1.807, 2.05) is 6.07 Å². The average Bonchev–Trinajstić information content (AvgIpc) is 3.34. The van der Waals surface area contributed by atoms with E-state index in [0.29, 0.717) is 11.8 Å². The Balaban J connectivity index is 1.88. The standard InChI is InChI=1S/C20H31NO/c1-3-5-10-14-21(15-11-6-4-2)20(22)19-16-18(19)17-12-8-7-9-13-17/h7-9,12-13,18-19H,3-6,10-11,14-16H2,1-2H3/t18-,19+/m0/s1. The minimum Gasteiger partial charge on any atom is -0.342 e. The molecule has 0 saturated heterocycles. The van der Waals surface area contributed by atoms with Crippen molar-refractivity contribution in [3.05, 3.63) is 35.9 Å². The molecule has 2 nitrogen and oxygen atoms in total. The van der Waals surface area contributed by atoms with E-state index in [1.165, 1.54) is 31.2 Å². The lowest BCUT2D eigenvalue weighted by Gasteiger charge is -2.23. The molecule has 1 aromatic rings. The van der Waals surface area contributed by atoms with Crippen molar-refractivity contribution in [1.82, 2.24) is 4.90 Å². The van der Waals surface area contributed by atoms with Crippen molar-refractivity contribution in [2.24, 2.45) is 5.92 Å². The molecule has 0 radical (unpaired) electrons. The lowest BCUT2D eigenvalue weighted by atomic mass is 10.1. The fraction of sp³-hybridized carbons (Fsp3) is 0.650. The number of nitrogens with zero attached hydrogens (tertiary/aromatic N) is 1. The number of hydrogen-bond donors (Lipinski definition) is 0. The molecular formula is C20H31NO. The van der Waals surface area contributed by atoms with Gasteiger partial charge in [-0.1, -0.05) is 69.9 Å². The van der Waals surface area contributed by atoms with Gasteiger partial charge in [0, 0.05) is 19.0 Å². The summed E-state index contributed by atoms with van der Waals surface area (Å²) in [5.74, 6) is 1.11. The summed E-state index contributed by atoms with van der Waals surface area (Å²) in [5.41, 5.74) is 1.34. The molecular weight excluding hydrogens is 270 g/mol. The van der Waals surface area contributed by atoms with E-state index in [0.717, 1.165) is 32.4 Å². The molecule has 2 rings (SSSR count). The van der Waals surface area contributed by atoms with Crippen LogP contribution in [0.15, 0.2) is 30.3 Å². The van der Waals surface area contributed by atoms with Crippen LogP contribution >= 0.6 is 0 Å². The molecule has 0 aromatic heterocycles. The summed E-state index contributed by atoms with van der Waals surface area (Å²) >= 11 is 0. The fourth-order valence-electron chi connectivity index (χ4n) is 3.21. The third-order valence-corrected chi connectivity index (χ3v) is 4.71. The zero-order valence-corrected chi connectivity index (χ0v) is 14.3. The zero-order valence-electron chi connectivity index (χ0n) is 14.3. The van der Waals surface area contributed by atoms with Crippen molar-refractivity contribution >= 4 is 5.91 Å². The molecule has 0 heterocycles. The van der Waals surface area contributed by atoms with E-state index >= 15 is 0 Å². The highest BCUT2D eigenvalue weighted by Gasteiger charge is 2.45. The van der Waals surface area contributed by atoms with Crippen LogP contribution in [0.25, 0.3) is 0 Å². The maximum atomic E-state index is 12.8. The highest BCUT2D eigenvalue weighted by Crippen LogP contribution is 2.48. The summed E-state index contributed by atoms with van der Waals surface area (Å²) in [4.78, 5) is 15.0. The van der Waals surface area contributed by atoms with E-state index in [4.69, 9.17) is 0 Å². The van der Waals surface area contributed by atoms with E-state index in [2.05, 4.69) is 43.0 Å². The van der Waals surface area contributed by atoms with Gasteiger partial charge in [0.1, 0.15) is 0 Å². The largest absolute Gasteiger partial charge is 0.342 e. The highest BCUT2D eigenvalue weighted by atomic mass is 16.2. The Hall–Kier alpha value is -1.31. The summed E-state index contributed by atoms with van der Waals surface area (Å²) in [5, 5.41) is 0. The normalized spacial score (nSPS) is 19.9. The summed E-state index contributed by atoms with van der Waals surface area (Å²) < 4.78 is 0. The lowest BCUT2D eigenvalue weighted by Crippen LogP contribution is -2.34. The van der Waals surface area contributed by atoms with Gasteiger partial charge >= 0.3 is 0 Å². The van der Waals surface area contributed by atoms with Gasteiger partial charge in [0.2, 0.25) is 5.91 Å². The molecule has 0 unspecified atom stereocenters. The van der Waals surface area contributed by atoms with Gasteiger partial charge in [-0.05, 0) is 30.7 Å². The molecule has 0 bridgehead atoms. The van der Waals surface area contributed by atoms with E-state index in [-0.39, 0.29) is 5.92 Å². The first-order valence-corrected chi connectivity index (χ1v) is 9.11. The van der Waals surface area contributed by atoms with Gasteiger partial charge in [0.05, 0.1) is 0 Å². The second-order valence-electron chi connectivity index (χ2n) is 6.60. The predicted octanol–water partition coefficient (Wildman–Crippen LogP) is 5.00. The minimum absolute atomic E-state index is 0.241. The van der Waals surface area contributed by atoms with Gasteiger partial charge < -0.3 is 4.90 Å². The van der Waals surface area contributed by atoms with Gasteiger partial charge in [-0.15, -0.1) is 0 Å². The molecule has 1 aliphatic rings. The zero-order chi connectivity index (χ0) is 15.8. The Morgan fingerprint density at radius 1 is 1.00 bits per heavy atom. The van der Waals surface area contributed by atoms with Crippen molar-refractivity contribution in [1.29, 1.82) is 0 Å². The number of hydrogen-bond acceptors (Lipinski definition) is 1. The predicted molar refractivity (Wildman–Crippen MR) is 92.9 cm³/mol. The first kappa shape index (κ1) is 17.1. The number of carbonyl (C=O) groups excluding carboxylic acids is 1. The second kappa shape index (κ2) is 8.97. The van der Waals surface area contributed by atoms with Crippen LogP contribution < -0.4 is 0 Å². The van der Waals surface area contributed by atoms with Crippen molar-refractivity contribution < 1.29 is 4.79 Å². The van der Waals surface area contributed by atoms with Crippen LogP contribution in [0, 0.1) is 5.92 Å². The quantitative estimate of drug-likeness (QED) is 0.557. The van der Waals surface area contributed by atoms with Gasteiger partial charge in [-0.25, -0.2) is 0 Å². The van der Waals surface area contributed by atoms with E-state index < -0.39 is 0 Å². The van der Waals surface area contributed by atoms with Gasteiger partial charge in [0.25, 0.3) is 0 Å². The number of benzene rings is 1. The van der Waals surface area contributed by atoms with Gasteiger partial charge in [-0.3, -0.25) is 4.79 Å². The SMILES string of the molecule is CCCCCN(CCCCC)C(=O)[C@@H]1C[C@H]1c1ccccc1. The molecule has 2 heteroatoms. The van der Waals surface area contributed by atoms with Crippen molar-refractivity contribution in [3.8, 4) is 0 Å². The molecule has 0 spiro atoms. The van der Waals surface area contributed by atoms with Crippen molar-refractivity contribution in [2.45, 2.75) is 64.7 Å². The molecule has 2 atom stereocenters. The van der Waals surface area contributed by atoms with Crippen molar-refractivity contribution in [3.63, 3.8) is 0 Å². The van der Waals surface area contributed by atoms with E-state index in [1.54, 1.807) is 0 Å². The highest BCUT2D eigenvalue weighted by molar-refractivity contribution is 5.83. The van der Waals surface area contributed by atoms with Crippen LogP contribution in [-0.2, 0) is 4.79 Å². The van der Waals surface area contributed by atoms with Gasteiger partial charge in [-0.2, -0.15) is 0 Å². The maximum absolute atomic E-state index is 12.8. The molecule has 122 valence electrons. The van der Waals surface area contributed by atoms with Crippen LogP contribution in [0.4, 0.5) is 0 Å². The summed E-state index contributed by atoms with van der Waals surface area (Å²) in [7, 11) is 0. The molecule has 0 aliphatic heterocycles. The molecule has 1 aliphatic carbocycles. The molecule has 1 aromatic carbocycles. The molecule has 22 heavy (non-hydrogen) atoms. The van der Waals surface area contributed by atoms with E-state index in [9.17, 15) is 4.79 Å². The van der Waals surface area contributed by atoms with Crippen LogP contribution in [-0.4, -0.2) is 23.9 Å². The topological polar surface area (TPSA) is 20.3 Å². The minimum atomic E-state index is 0.241. The number of amides is 1. The monoisotopic (exact) mass is 301 g/mol. The summed E-state index contributed by atoms with van der Waals surface area (Å²) in [6.07, 6.45) is 8.23. The third kappa shape index (κ3) is 4.86. The maximum Gasteiger partial charge on any atom is 0.226 e. The molecule has 0 N–H and O–H groups in total. The van der Waals surface area contributed by atoms with Crippen LogP contribution in [0.3, 0.4) is 0 Å². The Bertz CT molecular complexity index is 432. The molecule has 1 saturated carbocycles. The average molecular weight is 301 g/mol. The van der Waals surface area contributed by atoms with Gasteiger partial charge in [0.15, 0.2) is 0 Å². The number of unbranched alkanes of at least 4 members (excludes halogenated alkanes) is 4. The Morgan fingerprint density at radius 2 is 1.59 bits per heavy atom. The first-order chi connectivity index (χ1) is 10.8. The van der Waals surface area contributed by atoms with Crippen molar-refractivity contribution in [2.75, 3.05) is 13.1 Å². The lowest BCUT2D eigenvalue weighted by molar-refractivity contribution is -0.132. The third-order valence-electron chi connectivity index (χ3n) is 4.71. The number of rotatable bonds is 10. The summed E-state index contributed by atoms with van der Waals surface area (Å²) in [6, 6.07) is 10.5. The Morgan fingerprint density at radius 3 is 2.14 bits per heavy atom. The van der Waals surface area contributed by atoms with Crippen LogP contribution in [0.2, 0.25) is 0 Å². The Kier molecular flexibility index (Phi) is 6.95. The smallest absolute Gasteiger partial charge is 0.226 e. The molecule has 1 fully saturated rings. The molecule has 1 amide bonds. The first-order valence-electron chi connectivity index (χ1n) is 9.11. The second-order valence-corrected chi connectivity index (χ2v) is 6.60. The van der Waals surface area contributed by atoms with Crippen LogP contribution in [0.5, 0.6) is 0 Å². The van der Waals surface area contributed by atoms with Crippen LogP contribution in [0.1, 0.15) is 70.3 Å².